The molecule has 3 rings (SSSR count). The van der Waals surface area contributed by atoms with Gasteiger partial charge in [-0.25, -0.2) is 0 Å². The predicted molar refractivity (Wildman–Crippen MR) is 93.3 cm³/mol. The molecule has 2 saturated heterocycles. The number of hydrogen-bond acceptors (Lipinski definition) is 4. The van der Waals surface area contributed by atoms with Crippen molar-refractivity contribution in [3.05, 3.63) is 30.3 Å². The predicted octanol–water partition coefficient (Wildman–Crippen LogP) is 1.70. The average molecular weight is 346 g/mol. The number of carbonyl (C=O) groups is 2. The Hall–Kier alpha value is -2.08. The van der Waals surface area contributed by atoms with E-state index in [-0.39, 0.29) is 17.9 Å². The zero-order valence-corrected chi connectivity index (χ0v) is 14.6. The van der Waals surface area contributed by atoms with Crippen LogP contribution in [0, 0.1) is 0 Å². The summed E-state index contributed by atoms with van der Waals surface area (Å²) in [6.45, 7) is 3.61. The van der Waals surface area contributed by atoms with Gasteiger partial charge in [-0.3, -0.25) is 9.59 Å². The Kier molecular flexibility index (Phi) is 6.28. The van der Waals surface area contributed by atoms with Gasteiger partial charge >= 0.3 is 0 Å². The summed E-state index contributed by atoms with van der Waals surface area (Å²) in [5.41, 5.74) is 0. The number of benzene rings is 1. The maximum Gasteiger partial charge on any atom is 0.251 e. The van der Waals surface area contributed by atoms with Crippen LogP contribution in [0.1, 0.15) is 25.7 Å². The molecule has 0 aliphatic carbocycles. The van der Waals surface area contributed by atoms with Crippen LogP contribution in [0.25, 0.3) is 0 Å². The van der Waals surface area contributed by atoms with Crippen molar-refractivity contribution in [1.82, 2.24) is 9.80 Å². The van der Waals surface area contributed by atoms with Crippen LogP contribution in [-0.4, -0.2) is 67.1 Å². The highest BCUT2D eigenvalue weighted by atomic mass is 16.5. The maximum atomic E-state index is 12.4. The van der Waals surface area contributed by atoms with Crippen LogP contribution in [-0.2, 0) is 14.3 Å². The molecule has 1 atom stereocenters. The number of ether oxygens (including phenoxy) is 2. The van der Waals surface area contributed by atoms with E-state index in [4.69, 9.17) is 9.47 Å². The van der Waals surface area contributed by atoms with E-state index >= 15 is 0 Å². The van der Waals surface area contributed by atoms with Gasteiger partial charge in [0.05, 0.1) is 13.0 Å². The van der Waals surface area contributed by atoms with Gasteiger partial charge in [-0.15, -0.1) is 0 Å². The first-order valence-corrected chi connectivity index (χ1v) is 9.10. The number of rotatable bonds is 5. The molecule has 2 amide bonds. The molecule has 0 bridgehead atoms. The third kappa shape index (κ3) is 4.95. The fourth-order valence-electron chi connectivity index (χ4n) is 3.29. The molecule has 6 heteroatoms. The molecule has 2 aliphatic rings. The Morgan fingerprint density at radius 2 is 1.80 bits per heavy atom. The van der Waals surface area contributed by atoms with Crippen molar-refractivity contribution in [3.8, 4) is 5.75 Å². The summed E-state index contributed by atoms with van der Waals surface area (Å²) in [5.74, 6) is 0.945. The SMILES string of the molecule is O=C(CCOc1ccccc1)N1CCCN(C(=O)C2CCCO2)CC1. The monoisotopic (exact) mass is 346 g/mol. The standard InChI is InChI=1S/C19H26N2O4/c22-18(9-15-24-16-6-2-1-3-7-16)20-10-5-11-21(13-12-20)19(23)17-8-4-14-25-17/h1-3,6-7,17H,4-5,8-15H2. The Labute approximate surface area is 148 Å². The third-order valence-corrected chi connectivity index (χ3v) is 4.69. The van der Waals surface area contributed by atoms with Crippen LogP contribution in [0.3, 0.4) is 0 Å². The van der Waals surface area contributed by atoms with Gasteiger partial charge in [0.2, 0.25) is 5.91 Å². The number of nitrogens with zero attached hydrogens (tertiary/aromatic N) is 2. The number of amides is 2. The van der Waals surface area contributed by atoms with Crippen LogP contribution in [0.2, 0.25) is 0 Å². The maximum absolute atomic E-state index is 12.4. The van der Waals surface area contributed by atoms with Crippen LogP contribution in [0.5, 0.6) is 5.75 Å². The topological polar surface area (TPSA) is 59.1 Å². The molecule has 2 heterocycles. The summed E-state index contributed by atoms with van der Waals surface area (Å²) in [5, 5.41) is 0. The van der Waals surface area contributed by atoms with E-state index in [0.717, 1.165) is 25.0 Å². The Morgan fingerprint density at radius 1 is 1.04 bits per heavy atom. The highest BCUT2D eigenvalue weighted by Crippen LogP contribution is 2.16. The third-order valence-electron chi connectivity index (χ3n) is 4.69. The van der Waals surface area contributed by atoms with E-state index in [2.05, 4.69) is 0 Å². The molecule has 136 valence electrons. The second-order valence-corrected chi connectivity index (χ2v) is 6.47. The smallest absolute Gasteiger partial charge is 0.251 e. The van der Waals surface area contributed by atoms with Gasteiger partial charge in [0, 0.05) is 32.8 Å². The molecule has 0 aromatic heterocycles. The van der Waals surface area contributed by atoms with Crippen molar-refractivity contribution in [2.24, 2.45) is 0 Å². The van der Waals surface area contributed by atoms with Crippen molar-refractivity contribution < 1.29 is 19.1 Å². The molecule has 1 unspecified atom stereocenters. The summed E-state index contributed by atoms with van der Waals surface area (Å²) >= 11 is 0. The first-order chi connectivity index (χ1) is 12.2. The lowest BCUT2D eigenvalue weighted by Crippen LogP contribution is -2.42. The van der Waals surface area contributed by atoms with Crippen molar-refractivity contribution in [3.63, 3.8) is 0 Å². The van der Waals surface area contributed by atoms with Crippen molar-refractivity contribution in [2.75, 3.05) is 39.4 Å². The largest absolute Gasteiger partial charge is 0.493 e. The number of carbonyl (C=O) groups excluding carboxylic acids is 2. The lowest BCUT2D eigenvalue weighted by Gasteiger charge is -2.24. The highest BCUT2D eigenvalue weighted by Gasteiger charge is 2.29. The van der Waals surface area contributed by atoms with Gasteiger partial charge in [0.25, 0.3) is 5.91 Å². The Morgan fingerprint density at radius 3 is 2.56 bits per heavy atom. The minimum absolute atomic E-state index is 0.0826. The average Bonchev–Trinajstić information content (AvgIpc) is 3.06. The van der Waals surface area contributed by atoms with E-state index in [9.17, 15) is 9.59 Å². The van der Waals surface area contributed by atoms with E-state index in [1.54, 1.807) is 0 Å². The van der Waals surface area contributed by atoms with Crippen molar-refractivity contribution >= 4 is 11.8 Å². The Balaban J connectivity index is 1.42. The summed E-state index contributed by atoms with van der Waals surface area (Å²) in [4.78, 5) is 28.5. The van der Waals surface area contributed by atoms with Crippen molar-refractivity contribution in [2.45, 2.75) is 31.8 Å². The molecule has 6 nitrogen and oxygen atoms in total. The lowest BCUT2D eigenvalue weighted by atomic mass is 10.2. The molecule has 1 aromatic rings. The minimum Gasteiger partial charge on any atom is -0.493 e. The zero-order valence-electron chi connectivity index (χ0n) is 14.6. The molecule has 0 N–H and O–H groups in total. The van der Waals surface area contributed by atoms with E-state index in [1.807, 2.05) is 40.1 Å². The lowest BCUT2D eigenvalue weighted by molar-refractivity contribution is -0.141. The highest BCUT2D eigenvalue weighted by molar-refractivity contribution is 5.81. The molecule has 0 spiro atoms. The zero-order chi connectivity index (χ0) is 17.5. The summed E-state index contributed by atoms with van der Waals surface area (Å²) in [6.07, 6.45) is 2.66. The summed E-state index contributed by atoms with van der Waals surface area (Å²) < 4.78 is 11.1. The summed E-state index contributed by atoms with van der Waals surface area (Å²) in [6, 6.07) is 9.51. The van der Waals surface area contributed by atoms with Crippen molar-refractivity contribution in [1.29, 1.82) is 0 Å². The summed E-state index contributed by atoms with van der Waals surface area (Å²) in [7, 11) is 0. The van der Waals surface area contributed by atoms with Crippen LogP contribution in [0.4, 0.5) is 0 Å². The second-order valence-electron chi connectivity index (χ2n) is 6.47. The molecular formula is C19H26N2O4. The van der Waals surface area contributed by atoms with Gasteiger partial charge in [0.15, 0.2) is 0 Å². The van der Waals surface area contributed by atoms with Crippen LogP contribution < -0.4 is 4.74 Å². The molecule has 2 fully saturated rings. The van der Waals surface area contributed by atoms with E-state index in [0.29, 0.717) is 45.8 Å². The van der Waals surface area contributed by atoms with E-state index < -0.39 is 0 Å². The van der Waals surface area contributed by atoms with Gasteiger partial charge < -0.3 is 19.3 Å². The molecule has 0 radical (unpaired) electrons. The Bertz CT molecular complexity index is 572. The quantitative estimate of drug-likeness (QED) is 0.814. The van der Waals surface area contributed by atoms with E-state index in [1.165, 1.54) is 0 Å². The van der Waals surface area contributed by atoms with Gasteiger partial charge in [-0.2, -0.15) is 0 Å². The first kappa shape index (κ1) is 17.7. The first-order valence-electron chi connectivity index (χ1n) is 9.10. The molecular weight excluding hydrogens is 320 g/mol. The van der Waals surface area contributed by atoms with Crippen LogP contribution >= 0.6 is 0 Å². The number of hydrogen-bond donors (Lipinski definition) is 0. The van der Waals surface area contributed by atoms with Gasteiger partial charge in [-0.05, 0) is 31.4 Å². The number of para-hydroxylation sites is 1. The normalized spacial score (nSPS) is 21.0. The molecule has 1 aromatic carbocycles. The molecule has 0 saturated carbocycles. The second kappa shape index (κ2) is 8.85. The van der Waals surface area contributed by atoms with Gasteiger partial charge in [-0.1, -0.05) is 18.2 Å². The van der Waals surface area contributed by atoms with Crippen LogP contribution in [0.15, 0.2) is 30.3 Å². The fourth-order valence-corrected chi connectivity index (χ4v) is 3.29. The minimum atomic E-state index is -0.276. The van der Waals surface area contributed by atoms with Gasteiger partial charge in [0.1, 0.15) is 11.9 Å². The molecule has 25 heavy (non-hydrogen) atoms. The fraction of sp³-hybridized carbons (Fsp3) is 0.579. The molecule has 2 aliphatic heterocycles.